The van der Waals surface area contributed by atoms with E-state index in [1.807, 2.05) is 0 Å². The van der Waals surface area contributed by atoms with Crippen LogP contribution < -0.4 is 5.46 Å². The molecule has 2 rings (SSSR count). The normalized spacial score (nSPS) is 13.9. The second-order valence-electron chi connectivity index (χ2n) is 4.28. The molecule has 13 heavy (non-hydrogen) atoms. The van der Waals surface area contributed by atoms with Crippen molar-refractivity contribution in [1.29, 1.82) is 0 Å². The van der Waals surface area contributed by atoms with Crippen LogP contribution in [0.1, 0.15) is 25.8 Å². The number of allylic oxidation sites excluding steroid dienone is 1. The first-order chi connectivity index (χ1) is 6.25. The number of hydrogen-bond donors (Lipinski definition) is 0. The standard InChI is InChI=1S/C12H15B/c1-9(2)7-11-8-10-5-3-4-6-12(10)13-11/h3-6,8-9,13H,7H2,1-2H3. The molecule has 0 bridgehead atoms. The summed E-state index contributed by atoms with van der Waals surface area (Å²) < 4.78 is 0. The van der Waals surface area contributed by atoms with Crippen molar-refractivity contribution in [2.24, 2.45) is 5.92 Å². The highest BCUT2D eigenvalue weighted by Gasteiger charge is 2.13. The molecule has 0 nitrogen and oxygen atoms in total. The SMILES string of the molecule is CC(C)CC1=Cc2ccccc2B1. The van der Waals surface area contributed by atoms with Crippen LogP contribution in [0.5, 0.6) is 0 Å². The zero-order chi connectivity index (χ0) is 9.26. The smallest absolute Gasteiger partial charge is 0.0987 e. The lowest BCUT2D eigenvalue weighted by Gasteiger charge is -2.03. The monoisotopic (exact) mass is 170 g/mol. The molecule has 0 spiro atoms. The molecule has 0 radical (unpaired) electrons. The minimum Gasteiger partial charge on any atom is -0.0987 e. The first-order valence-electron chi connectivity index (χ1n) is 5.03. The van der Waals surface area contributed by atoms with Crippen LogP contribution in [0.4, 0.5) is 0 Å². The van der Waals surface area contributed by atoms with E-state index in [4.69, 9.17) is 0 Å². The summed E-state index contributed by atoms with van der Waals surface area (Å²) in [6.07, 6.45) is 3.60. The van der Waals surface area contributed by atoms with Gasteiger partial charge in [0.1, 0.15) is 0 Å². The summed E-state index contributed by atoms with van der Waals surface area (Å²) in [5.74, 6) is 0.778. The maximum absolute atomic E-state index is 2.36. The summed E-state index contributed by atoms with van der Waals surface area (Å²) in [5.41, 5.74) is 4.52. The van der Waals surface area contributed by atoms with Crippen molar-refractivity contribution in [1.82, 2.24) is 0 Å². The lowest BCUT2D eigenvalue weighted by molar-refractivity contribution is 0.659. The third kappa shape index (κ3) is 1.85. The summed E-state index contributed by atoms with van der Waals surface area (Å²) in [6, 6.07) is 8.69. The van der Waals surface area contributed by atoms with E-state index in [2.05, 4.69) is 44.2 Å². The van der Waals surface area contributed by atoms with E-state index in [0.717, 1.165) is 5.92 Å². The molecular weight excluding hydrogens is 155 g/mol. The van der Waals surface area contributed by atoms with Crippen molar-refractivity contribution in [2.75, 3.05) is 0 Å². The van der Waals surface area contributed by atoms with Crippen LogP contribution in [-0.4, -0.2) is 7.28 Å². The Balaban J connectivity index is 2.17. The Labute approximate surface area is 80.9 Å². The van der Waals surface area contributed by atoms with E-state index in [9.17, 15) is 0 Å². The van der Waals surface area contributed by atoms with Crippen LogP contribution >= 0.6 is 0 Å². The summed E-state index contributed by atoms with van der Waals surface area (Å²) in [4.78, 5) is 0. The quantitative estimate of drug-likeness (QED) is 0.596. The zero-order valence-electron chi connectivity index (χ0n) is 8.38. The van der Waals surface area contributed by atoms with Crippen LogP contribution in [-0.2, 0) is 0 Å². The number of hydrogen-bond acceptors (Lipinski definition) is 0. The van der Waals surface area contributed by atoms with E-state index in [0.29, 0.717) is 0 Å². The minimum atomic E-state index is 0.778. The average Bonchev–Trinajstić information content (AvgIpc) is 2.44. The van der Waals surface area contributed by atoms with Gasteiger partial charge in [0.25, 0.3) is 0 Å². The lowest BCUT2D eigenvalue weighted by Crippen LogP contribution is -2.13. The van der Waals surface area contributed by atoms with Gasteiger partial charge in [0, 0.05) is 0 Å². The van der Waals surface area contributed by atoms with Gasteiger partial charge in [-0.2, -0.15) is 0 Å². The molecule has 0 aliphatic carbocycles. The van der Waals surface area contributed by atoms with Crippen molar-refractivity contribution in [2.45, 2.75) is 20.3 Å². The van der Waals surface area contributed by atoms with Gasteiger partial charge in [-0.1, -0.05) is 55.1 Å². The fourth-order valence-corrected chi connectivity index (χ4v) is 2.01. The Morgan fingerprint density at radius 1 is 1.23 bits per heavy atom. The Morgan fingerprint density at radius 3 is 2.69 bits per heavy atom. The van der Waals surface area contributed by atoms with Gasteiger partial charge in [-0.05, 0) is 17.9 Å². The Bertz CT molecular complexity index is 337. The average molecular weight is 170 g/mol. The van der Waals surface area contributed by atoms with Crippen molar-refractivity contribution >= 4 is 18.8 Å². The summed E-state index contributed by atoms with van der Waals surface area (Å²) >= 11 is 0. The van der Waals surface area contributed by atoms with E-state index in [1.54, 1.807) is 5.47 Å². The highest BCUT2D eigenvalue weighted by Crippen LogP contribution is 2.18. The van der Waals surface area contributed by atoms with E-state index in [-0.39, 0.29) is 0 Å². The maximum atomic E-state index is 2.36. The van der Waals surface area contributed by atoms with Crippen molar-refractivity contribution < 1.29 is 0 Å². The zero-order valence-corrected chi connectivity index (χ0v) is 8.38. The summed E-state index contributed by atoms with van der Waals surface area (Å²) in [6.45, 7) is 4.56. The largest absolute Gasteiger partial charge is 0.187 e. The second-order valence-corrected chi connectivity index (χ2v) is 4.28. The van der Waals surface area contributed by atoms with Gasteiger partial charge in [-0.15, -0.1) is 0 Å². The Morgan fingerprint density at radius 2 is 2.00 bits per heavy atom. The number of fused-ring (bicyclic) bond motifs is 1. The number of rotatable bonds is 2. The third-order valence-electron chi connectivity index (χ3n) is 2.50. The molecule has 0 saturated carbocycles. The molecule has 1 aliphatic heterocycles. The van der Waals surface area contributed by atoms with Crippen LogP contribution in [0, 0.1) is 5.92 Å². The topological polar surface area (TPSA) is 0 Å². The molecule has 0 N–H and O–H groups in total. The van der Waals surface area contributed by atoms with Gasteiger partial charge in [0.15, 0.2) is 7.28 Å². The van der Waals surface area contributed by atoms with Gasteiger partial charge in [0.05, 0.1) is 0 Å². The van der Waals surface area contributed by atoms with Crippen LogP contribution in [0.15, 0.2) is 29.7 Å². The van der Waals surface area contributed by atoms with E-state index >= 15 is 0 Å². The first-order valence-corrected chi connectivity index (χ1v) is 5.03. The van der Waals surface area contributed by atoms with Gasteiger partial charge in [-0.25, -0.2) is 0 Å². The molecule has 1 heteroatoms. The predicted molar refractivity (Wildman–Crippen MR) is 60.7 cm³/mol. The molecule has 0 amide bonds. The highest BCUT2D eigenvalue weighted by molar-refractivity contribution is 6.65. The number of benzene rings is 1. The molecule has 1 aromatic rings. The molecule has 1 aromatic carbocycles. The molecule has 0 aromatic heterocycles. The van der Waals surface area contributed by atoms with Gasteiger partial charge in [0.2, 0.25) is 0 Å². The molecule has 0 fully saturated rings. The minimum absolute atomic E-state index is 0.778. The molecule has 0 unspecified atom stereocenters. The Hall–Kier alpha value is -0.975. The van der Waals surface area contributed by atoms with Crippen LogP contribution in [0.25, 0.3) is 6.08 Å². The van der Waals surface area contributed by atoms with Gasteiger partial charge >= 0.3 is 0 Å². The molecule has 1 aliphatic rings. The lowest BCUT2D eigenvalue weighted by atomic mass is 9.65. The van der Waals surface area contributed by atoms with E-state index < -0.39 is 0 Å². The molecule has 1 heterocycles. The highest BCUT2D eigenvalue weighted by atomic mass is 14.1. The third-order valence-corrected chi connectivity index (χ3v) is 2.50. The van der Waals surface area contributed by atoms with Crippen molar-refractivity contribution in [3.8, 4) is 0 Å². The van der Waals surface area contributed by atoms with Crippen LogP contribution in [0.3, 0.4) is 0 Å². The molecule has 66 valence electrons. The summed E-state index contributed by atoms with van der Waals surface area (Å²) in [7, 11) is 1.17. The predicted octanol–water partition coefficient (Wildman–Crippen LogP) is 2.15. The summed E-state index contributed by atoms with van der Waals surface area (Å²) in [5, 5.41) is 0. The van der Waals surface area contributed by atoms with Gasteiger partial charge < -0.3 is 0 Å². The molecular formula is C12H15B. The fourth-order valence-electron chi connectivity index (χ4n) is 2.01. The van der Waals surface area contributed by atoms with E-state index in [1.165, 1.54) is 24.7 Å². The maximum Gasteiger partial charge on any atom is 0.187 e. The Kier molecular flexibility index (Phi) is 2.26. The van der Waals surface area contributed by atoms with Gasteiger partial charge in [-0.3, -0.25) is 0 Å². The van der Waals surface area contributed by atoms with Crippen LogP contribution in [0.2, 0.25) is 0 Å². The molecule has 0 saturated heterocycles. The second kappa shape index (κ2) is 3.41. The van der Waals surface area contributed by atoms with Crippen molar-refractivity contribution in [3.05, 3.63) is 35.3 Å². The molecule has 0 atom stereocenters. The van der Waals surface area contributed by atoms with Crippen molar-refractivity contribution in [3.63, 3.8) is 0 Å². The first kappa shape index (κ1) is 8.62. The fraction of sp³-hybridized carbons (Fsp3) is 0.333.